The molecule has 1 saturated carbocycles. The van der Waals surface area contributed by atoms with Gasteiger partial charge in [-0.05, 0) is 25.2 Å². The number of rotatable bonds is 3. The Kier molecular flexibility index (Phi) is 3.78. The van der Waals surface area contributed by atoms with Crippen LogP contribution in [0.5, 0.6) is 0 Å². The van der Waals surface area contributed by atoms with Crippen LogP contribution >= 0.6 is 0 Å². The van der Waals surface area contributed by atoms with Crippen molar-refractivity contribution >= 4 is 0 Å². The molecule has 1 aliphatic rings. The standard InChI is InChI=1S/C12H21N/c1-3-7-11(2)12(10-13)8-5-4-6-9-12/h11H,3-9H2,1-2H3. The average molecular weight is 179 g/mol. The highest BCUT2D eigenvalue weighted by Gasteiger charge is 2.36. The van der Waals surface area contributed by atoms with Crippen LogP contribution in [-0.2, 0) is 0 Å². The molecule has 1 aliphatic carbocycles. The molecule has 0 bridgehead atoms. The van der Waals surface area contributed by atoms with Crippen molar-refractivity contribution in [3.8, 4) is 6.07 Å². The van der Waals surface area contributed by atoms with Crippen molar-refractivity contribution < 1.29 is 0 Å². The summed E-state index contributed by atoms with van der Waals surface area (Å²) in [6.45, 7) is 4.47. The average Bonchev–Trinajstić information content (AvgIpc) is 2.19. The summed E-state index contributed by atoms with van der Waals surface area (Å²) in [5, 5.41) is 9.29. The molecule has 0 saturated heterocycles. The monoisotopic (exact) mass is 179 g/mol. The van der Waals surface area contributed by atoms with Gasteiger partial charge < -0.3 is 0 Å². The Labute approximate surface area is 82.1 Å². The summed E-state index contributed by atoms with van der Waals surface area (Å²) < 4.78 is 0. The van der Waals surface area contributed by atoms with Gasteiger partial charge in [-0.2, -0.15) is 5.26 Å². The van der Waals surface area contributed by atoms with E-state index in [1.165, 1.54) is 32.1 Å². The summed E-state index contributed by atoms with van der Waals surface area (Å²) in [6, 6.07) is 2.60. The highest BCUT2D eigenvalue weighted by atomic mass is 14.4. The summed E-state index contributed by atoms with van der Waals surface area (Å²) in [7, 11) is 0. The first-order valence-electron chi connectivity index (χ1n) is 5.66. The van der Waals surface area contributed by atoms with Gasteiger partial charge in [-0.15, -0.1) is 0 Å². The van der Waals surface area contributed by atoms with Crippen LogP contribution in [0, 0.1) is 22.7 Å². The Hall–Kier alpha value is -0.510. The Bertz CT molecular complexity index is 184. The smallest absolute Gasteiger partial charge is 0.0692 e. The van der Waals surface area contributed by atoms with Gasteiger partial charge in [-0.1, -0.05) is 39.5 Å². The maximum atomic E-state index is 9.29. The predicted molar refractivity (Wildman–Crippen MR) is 55.2 cm³/mol. The number of nitriles is 1. The third-order valence-corrected chi connectivity index (χ3v) is 3.63. The van der Waals surface area contributed by atoms with E-state index in [0.29, 0.717) is 5.92 Å². The second kappa shape index (κ2) is 4.65. The molecule has 0 spiro atoms. The maximum absolute atomic E-state index is 9.29. The second-order valence-corrected chi connectivity index (χ2v) is 4.52. The third kappa shape index (κ3) is 2.24. The largest absolute Gasteiger partial charge is 0.198 e. The number of nitrogens with zero attached hydrogens (tertiary/aromatic N) is 1. The first-order chi connectivity index (χ1) is 6.25. The fraction of sp³-hybridized carbons (Fsp3) is 0.917. The van der Waals surface area contributed by atoms with E-state index in [2.05, 4.69) is 19.9 Å². The van der Waals surface area contributed by atoms with E-state index >= 15 is 0 Å². The third-order valence-electron chi connectivity index (χ3n) is 3.63. The molecule has 1 fully saturated rings. The molecule has 0 radical (unpaired) electrons. The molecule has 0 heterocycles. The molecule has 0 N–H and O–H groups in total. The van der Waals surface area contributed by atoms with E-state index in [4.69, 9.17) is 0 Å². The number of hydrogen-bond acceptors (Lipinski definition) is 1. The topological polar surface area (TPSA) is 23.8 Å². The van der Waals surface area contributed by atoms with Gasteiger partial charge in [0.2, 0.25) is 0 Å². The molecule has 0 aromatic carbocycles. The molecular weight excluding hydrogens is 158 g/mol. The summed E-state index contributed by atoms with van der Waals surface area (Å²) in [5.74, 6) is 0.600. The molecule has 13 heavy (non-hydrogen) atoms. The summed E-state index contributed by atoms with van der Waals surface area (Å²) in [5.41, 5.74) is 0.0360. The molecule has 1 rings (SSSR count). The Morgan fingerprint density at radius 3 is 2.38 bits per heavy atom. The minimum atomic E-state index is 0.0360. The zero-order chi connectivity index (χ0) is 9.73. The highest BCUT2D eigenvalue weighted by Crippen LogP contribution is 2.43. The van der Waals surface area contributed by atoms with Crippen LogP contribution < -0.4 is 0 Å². The zero-order valence-electron chi connectivity index (χ0n) is 8.97. The fourth-order valence-corrected chi connectivity index (χ4v) is 2.61. The Morgan fingerprint density at radius 2 is 1.92 bits per heavy atom. The van der Waals surface area contributed by atoms with Crippen molar-refractivity contribution in [3.63, 3.8) is 0 Å². The predicted octanol–water partition coefficient (Wildman–Crippen LogP) is 3.90. The lowest BCUT2D eigenvalue weighted by Gasteiger charge is -2.36. The van der Waals surface area contributed by atoms with Crippen LogP contribution in [-0.4, -0.2) is 0 Å². The molecule has 1 atom stereocenters. The van der Waals surface area contributed by atoms with E-state index in [9.17, 15) is 5.26 Å². The van der Waals surface area contributed by atoms with E-state index in [-0.39, 0.29) is 5.41 Å². The molecule has 0 aromatic rings. The molecule has 0 aliphatic heterocycles. The van der Waals surface area contributed by atoms with Gasteiger partial charge in [-0.25, -0.2) is 0 Å². The number of hydrogen-bond donors (Lipinski definition) is 0. The van der Waals surface area contributed by atoms with Gasteiger partial charge in [0.15, 0.2) is 0 Å². The Morgan fingerprint density at radius 1 is 1.31 bits per heavy atom. The summed E-state index contributed by atoms with van der Waals surface area (Å²) in [4.78, 5) is 0. The summed E-state index contributed by atoms with van der Waals surface area (Å²) in [6.07, 6.45) is 8.58. The van der Waals surface area contributed by atoms with Gasteiger partial charge in [0.05, 0.1) is 11.5 Å². The van der Waals surface area contributed by atoms with Crippen molar-refractivity contribution in [2.24, 2.45) is 11.3 Å². The summed E-state index contributed by atoms with van der Waals surface area (Å²) >= 11 is 0. The quantitative estimate of drug-likeness (QED) is 0.644. The van der Waals surface area contributed by atoms with E-state index < -0.39 is 0 Å². The molecule has 1 nitrogen and oxygen atoms in total. The van der Waals surface area contributed by atoms with Crippen molar-refractivity contribution in [1.82, 2.24) is 0 Å². The normalized spacial score (nSPS) is 23.5. The molecule has 1 heteroatoms. The fourth-order valence-electron chi connectivity index (χ4n) is 2.61. The van der Waals surface area contributed by atoms with Crippen molar-refractivity contribution in [2.45, 2.75) is 58.8 Å². The molecule has 0 amide bonds. The van der Waals surface area contributed by atoms with Gasteiger partial charge in [0.1, 0.15) is 0 Å². The molecule has 0 aromatic heterocycles. The van der Waals surface area contributed by atoms with Crippen molar-refractivity contribution in [2.75, 3.05) is 0 Å². The van der Waals surface area contributed by atoms with E-state index in [1.54, 1.807) is 0 Å². The van der Waals surface area contributed by atoms with Gasteiger partial charge in [0.25, 0.3) is 0 Å². The minimum Gasteiger partial charge on any atom is -0.198 e. The molecular formula is C12H21N. The highest BCUT2D eigenvalue weighted by molar-refractivity contribution is 5.03. The molecule has 1 unspecified atom stereocenters. The lowest BCUT2D eigenvalue weighted by Crippen LogP contribution is -2.29. The first-order valence-corrected chi connectivity index (χ1v) is 5.66. The molecule has 74 valence electrons. The van der Waals surface area contributed by atoms with Crippen LogP contribution in [0.25, 0.3) is 0 Å². The lowest BCUT2D eigenvalue weighted by atomic mass is 9.66. The SMILES string of the molecule is CCCC(C)C1(C#N)CCCCC1. The first kappa shape index (κ1) is 10.6. The second-order valence-electron chi connectivity index (χ2n) is 4.52. The van der Waals surface area contributed by atoms with Crippen LogP contribution in [0.2, 0.25) is 0 Å². The van der Waals surface area contributed by atoms with Crippen LogP contribution in [0.3, 0.4) is 0 Å². The van der Waals surface area contributed by atoms with Crippen molar-refractivity contribution in [3.05, 3.63) is 0 Å². The van der Waals surface area contributed by atoms with Crippen LogP contribution in [0.4, 0.5) is 0 Å². The maximum Gasteiger partial charge on any atom is 0.0692 e. The zero-order valence-corrected chi connectivity index (χ0v) is 8.97. The van der Waals surface area contributed by atoms with Crippen LogP contribution in [0.1, 0.15) is 58.8 Å². The van der Waals surface area contributed by atoms with Gasteiger partial charge in [0, 0.05) is 0 Å². The van der Waals surface area contributed by atoms with Gasteiger partial charge in [-0.3, -0.25) is 0 Å². The van der Waals surface area contributed by atoms with E-state index in [1.807, 2.05) is 0 Å². The van der Waals surface area contributed by atoms with E-state index in [0.717, 1.165) is 12.8 Å². The lowest BCUT2D eigenvalue weighted by molar-refractivity contribution is 0.168. The van der Waals surface area contributed by atoms with Crippen molar-refractivity contribution in [1.29, 1.82) is 5.26 Å². The van der Waals surface area contributed by atoms with Crippen LogP contribution in [0.15, 0.2) is 0 Å². The Balaban J connectivity index is 2.62. The van der Waals surface area contributed by atoms with Gasteiger partial charge >= 0.3 is 0 Å². The minimum absolute atomic E-state index is 0.0360.